The summed E-state index contributed by atoms with van der Waals surface area (Å²) in [5.74, 6) is -0.00215. The molecule has 0 fully saturated rings. The molecule has 0 bridgehead atoms. The Hall–Kier alpha value is -2.70. The molecule has 2 aromatic carbocycles. The molecule has 174 valence electrons. The Morgan fingerprint density at radius 1 is 0.719 bits per heavy atom. The molecule has 0 spiro atoms. The van der Waals surface area contributed by atoms with Crippen molar-refractivity contribution < 1.29 is 19.1 Å². The van der Waals surface area contributed by atoms with Gasteiger partial charge in [0.1, 0.15) is 0 Å². The summed E-state index contributed by atoms with van der Waals surface area (Å²) in [6, 6.07) is 16.4. The molecular formula is C26H36N2O4. The summed E-state index contributed by atoms with van der Waals surface area (Å²) in [6.07, 6.45) is 4.22. The van der Waals surface area contributed by atoms with E-state index in [0.717, 1.165) is 24.9 Å². The molecule has 0 aromatic heterocycles. The lowest BCUT2D eigenvalue weighted by molar-refractivity contribution is -0.121. The summed E-state index contributed by atoms with van der Waals surface area (Å²) in [4.78, 5) is 23.2. The molecule has 6 heteroatoms. The molecule has 2 amide bonds. The number of carbonyl (C=O) groups excluding carboxylic acids is 2. The van der Waals surface area contributed by atoms with Gasteiger partial charge < -0.3 is 20.1 Å². The highest BCUT2D eigenvalue weighted by atomic mass is 16.5. The van der Waals surface area contributed by atoms with Crippen LogP contribution in [0, 0.1) is 6.92 Å². The van der Waals surface area contributed by atoms with Crippen LogP contribution in [0.1, 0.15) is 42.4 Å². The molecule has 0 atom stereocenters. The number of hydrogen-bond donors (Lipinski definition) is 2. The molecule has 2 rings (SSSR count). The van der Waals surface area contributed by atoms with Crippen molar-refractivity contribution >= 4 is 17.5 Å². The largest absolute Gasteiger partial charge is 0.381 e. The van der Waals surface area contributed by atoms with Crippen molar-refractivity contribution in [3.8, 4) is 0 Å². The van der Waals surface area contributed by atoms with Gasteiger partial charge in [-0.05, 0) is 55.9 Å². The van der Waals surface area contributed by atoms with E-state index in [2.05, 4.69) is 41.8 Å². The predicted molar refractivity (Wildman–Crippen MR) is 128 cm³/mol. The Kier molecular flexibility index (Phi) is 12.1. The second kappa shape index (κ2) is 15.2. The molecule has 0 unspecified atom stereocenters. The molecule has 0 saturated heterocycles. The van der Waals surface area contributed by atoms with Crippen LogP contribution in [-0.4, -0.2) is 45.3 Å². The molecule has 2 aromatic rings. The molecule has 32 heavy (non-hydrogen) atoms. The summed E-state index contributed by atoms with van der Waals surface area (Å²) in [5, 5.41) is 5.51. The first-order chi connectivity index (χ1) is 15.6. The van der Waals surface area contributed by atoms with Crippen molar-refractivity contribution in [2.24, 2.45) is 0 Å². The van der Waals surface area contributed by atoms with Gasteiger partial charge in [-0.2, -0.15) is 0 Å². The van der Waals surface area contributed by atoms with Crippen LogP contribution in [0.4, 0.5) is 5.69 Å². The predicted octanol–water partition coefficient (Wildman–Crippen LogP) is 4.06. The van der Waals surface area contributed by atoms with Gasteiger partial charge in [-0.15, -0.1) is 0 Å². The fourth-order valence-electron chi connectivity index (χ4n) is 3.13. The summed E-state index contributed by atoms with van der Waals surface area (Å²) in [5.41, 5.74) is 4.53. The van der Waals surface area contributed by atoms with Crippen LogP contribution in [0.2, 0.25) is 0 Å². The lowest BCUT2D eigenvalue weighted by Gasteiger charge is -2.08. The molecular weight excluding hydrogens is 404 g/mol. The van der Waals surface area contributed by atoms with Gasteiger partial charge in [-0.25, -0.2) is 0 Å². The van der Waals surface area contributed by atoms with Crippen molar-refractivity contribution in [3.05, 3.63) is 65.2 Å². The highest BCUT2D eigenvalue weighted by Gasteiger charge is 2.03. The summed E-state index contributed by atoms with van der Waals surface area (Å²) < 4.78 is 11.1. The zero-order valence-corrected chi connectivity index (χ0v) is 19.3. The summed E-state index contributed by atoms with van der Waals surface area (Å²) in [7, 11) is 1.62. The fourth-order valence-corrected chi connectivity index (χ4v) is 3.13. The van der Waals surface area contributed by atoms with E-state index in [9.17, 15) is 9.59 Å². The van der Waals surface area contributed by atoms with E-state index < -0.39 is 0 Å². The van der Waals surface area contributed by atoms with Gasteiger partial charge in [0.05, 0.1) is 13.2 Å². The first-order valence-corrected chi connectivity index (χ1v) is 11.4. The zero-order chi connectivity index (χ0) is 23.0. The smallest absolute Gasteiger partial charge is 0.224 e. The van der Waals surface area contributed by atoms with Crippen LogP contribution in [0.3, 0.4) is 0 Å². The van der Waals surface area contributed by atoms with Gasteiger partial charge >= 0.3 is 0 Å². The van der Waals surface area contributed by atoms with Crippen LogP contribution < -0.4 is 10.6 Å². The number of nitrogens with one attached hydrogen (secondary N) is 2. The minimum absolute atomic E-state index is 0.00407. The van der Waals surface area contributed by atoms with Crippen LogP contribution >= 0.6 is 0 Å². The van der Waals surface area contributed by atoms with Crippen LogP contribution in [0.15, 0.2) is 48.5 Å². The average molecular weight is 441 g/mol. The number of hydrogen-bond acceptors (Lipinski definition) is 4. The van der Waals surface area contributed by atoms with Gasteiger partial charge in [0, 0.05) is 38.8 Å². The zero-order valence-electron chi connectivity index (χ0n) is 19.3. The van der Waals surface area contributed by atoms with E-state index in [1.54, 1.807) is 7.05 Å². The van der Waals surface area contributed by atoms with Crippen molar-refractivity contribution in [2.45, 2.75) is 45.4 Å². The van der Waals surface area contributed by atoms with Gasteiger partial charge in [-0.1, -0.05) is 42.0 Å². The molecule has 0 aliphatic rings. The summed E-state index contributed by atoms with van der Waals surface area (Å²) >= 11 is 0. The standard InChI is InChI=1S/C26H36N2O4/c1-21-7-9-23(10-8-21)15-19-31-18-4-6-26(30)28-24-13-11-22(12-14-24)5-3-17-32-20-16-25(29)27-2/h7-14H,3-6,15-20H2,1-2H3,(H,27,29)(H,28,30). The Morgan fingerprint density at radius 3 is 2.06 bits per heavy atom. The molecule has 6 nitrogen and oxygen atoms in total. The lowest BCUT2D eigenvalue weighted by atomic mass is 10.1. The van der Waals surface area contributed by atoms with Gasteiger partial charge in [0.25, 0.3) is 0 Å². The number of aryl methyl sites for hydroxylation is 2. The van der Waals surface area contributed by atoms with E-state index in [1.165, 1.54) is 16.7 Å². The normalized spacial score (nSPS) is 10.7. The maximum Gasteiger partial charge on any atom is 0.224 e. The monoisotopic (exact) mass is 440 g/mol. The minimum Gasteiger partial charge on any atom is -0.381 e. The van der Waals surface area contributed by atoms with E-state index in [4.69, 9.17) is 9.47 Å². The van der Waals surface area contributed by atoms with Crippen molar-refractivity contribution in [2.75, 3.05) is 38.8 Å². The first-order valence-electron chi connectivity index (χ1n) is 11.4. The Morgan fingerprint density at radius 2 is 1.34 bits per heavy atom. The molecule has 0 aliphatic heterocycles. The fraction of sp³-hybridized carbons (Fsp3) is 0.462. The van der Waals surface area contributed by atoms with Gasteiger partial charge in [0.2, 0.25) is 11.8 Å². The molecule has 0 radical (unpaired) electrons. The average Bonchev–Trinajstić information content (AvgIpc) is 2.80. The first kappa shape index (κ1) is 25.6. The van der Waals surface area contributed by atoms with Gasteiger partial charge in [0.15, 0.2) is 0 Å². The number of benzene rings is 2. The van der Waals surface area contributed by atoms with Crippen molar-refractivity contribution in [1.29, 1.82) is 0 Å². The van der Waals surface area contributed by atoms with Crippen LogP contribution in [-0.2, 0) is 31.9 Å². The highest BCUT2D eigenvalue weighted by molar-refractivity contribution is 5.90. The second-order valence-electron chi connectivity index (χ2n) is 7.84. The third-order valence-corrected chi connectivity index (χ3v) is 5.09. The third kappa shape index (κ3) is 11.1. The van der Waals surface area contributed by atoms with E-state index in [-0.39, 0.29) is 11.8 Å². The number of anilines is 1. The molecule has 2 N–H and O–H groups in total. The summed E-state index contributed by atoms with van der Waals surface area (Å²) in [6.45, 7) is 4.41. The number of carbonyl (C=O) groups is 2. The van der Waals surface area contributed by atoms with E-state index >= 15 is 0 Å². The van der Waals surface area contributed by atoms with E-state index in [0.29, 0.717) is 45.7 Å². The van der Waals surface area contributed by atoms with Crippen LogP contribution in [0.5, 0.6) is 0 Å². The quantitative estimate of drug-likeness (QED) is 0.410. The van der Waals surface area contributed by atoms with E-state index in [1.807, 2.05) is 24.3 Å². The highest BCUT2D eigenvalue weighted by Crippen LogP contribution is 2.12. The molecule has 0 heterocycles. The molecule has 0 aliphatic carbocycles. The Bertz CT molecular complexity index is 804. The number of amides is 2. The molecule has 0 saturated carbocycles. The minimum atomic E-state index is -0.00623. The van der Waals surface area contributed by atoms with Crippen LogP contribution in [0.25, 0.3) is 0 Å². The topological polar surface area (TPSA) is 76.7 Å². The number of rotatable bonds is 15. The third-order valence-electron chi connectivity index (χ3n) is 5.09. The Labute approximate surface area is 191 Å². The SMILES string of the molecule is CNC(=O)CCOCCCc1ccc(NC(=O)CCCOCCc2ccc(C)cc2)cc1. The number of ether oxygens (including phenoxy) is 2. The van der Waals surface area contributed by atoms with Crippen molar-refractivity contribution in [3.63, 3.8) is 0 Å². The van der Waals surface area contributed by atoms with Gasteiger partial charge in [-0.3, -0.25) is 9.59 Å². The van der Waals surface area contributed by atoms with Crippen molar-refractivity contribution in [1.82, 2.24) is 5.32 Å². The lowest BCUT2D eigenvalue weighted by Crippen LogP contribution is -2.19. The Balaban J connectivity index is 1.51. The maximum atomic E-state index is 12.1. The second-order valence-corrected chi connectivity index (χ2v) is 7.84. The maximum absolute atomic E-state index is 12.1.